The lowest BCUT2D eigenvalue weighted by molar-refractivity contribution is 0.0777. The van der Waals surface area contributed by atoms with Crippen molar-refractivity contribution in [3.05, 3.63) is 28.0 Å². The summed E-state index contributed by atoms with van der Waals surface area (Å²) in [6.45, 7) is 7.20. The zero-order valence-electron chi connectivity index (χ0n) is 14.4. The lowest BCUT2D eigenvalue weighted by Gasteiger charge is -2.17. The molecule has 10 heteroatoms. The Hall–Kier alpha value is -2.52. The summed E-state index contributed by atoms with van der Waals surface area (Å²) in [7, 11) is 0. The summed E-state index contributed by atoms with van der Waals surface area (Å²) in [6, 6.07) is 0. The van der Waals surface area contributed by atoms with E-state index in [1.165, 1.54) is 17.5 Å². The predicted octanol–water partition coefficient (Wildman–Crippen LogP) is 3.17. The Morgan fingerprint density at radius 3 is 2.81 bits per heavy atom. The number of hydrogen-bond acceptors (Lipinski definition) is 6. The van der Waals surface area contributed by atoms with Crippen molar-refractivity contribution in [3.8, 4) is 11.5 Å². The van der Waals surface area contributed by atoms with E-state index in [1.807, 2.05) is 20.8 Å². The third kappa shape index (κ3) is 2.46. The molecular weight excluding hydrogens is 374 g/mol. The molecule has 0 fully saturated rings. The van der Waals surface area contributed by atoms with Crippen LogP contribution >= 0.6 is 22.9 Å². The molecule has 26 heavy (non-hydrogen) atoms. The lowest BCUT2D eigenvalue weighted by atomic mass is 10.2. The van der Waals surface area contributed by atoms with Crippen molar-refractivity contribution in [1.29, 1.82) is 0 Å². The Kier molecular flexibility index (Phi) is 4.12. The van der Waals surface area contributed by atoms with Gasteiger partial charge in [0.1, 0.15) is 16.9 Å². The number of hydrogen-bond donors (Lipinski definition) is 1. The van der Waals surface area contributed by atoms with E-state index in [9.17, 15) is 4.79 Å². The number of amides is 1. The molecule has 1 N–H and O–H groups in total. The van der Waals surface area contributed by atoms with Crippen molar-refractivity contribution in [1.82, 2.24) is 34.7 Å². The summed E-state index contributed by atoms with van der Waals surface area (Å²) < 4.78 is 1.60. The minimum atomic E-state index is 0.0185. The first kappa shape index (κ1) is 16.9. The van der Waals surface area contributed by atoms with Gasteiger partial charge in [0.2, 0.25) is 5.82 Å². The van der Waals surface area contributed by atoms with Crippen LogP contribution in [0, 0.1) is 6.92 Å². The second kappa shape index (κ2) is 6.33. The molecule has 0 unspecified atom stereocenters. The fourth-order valence-corrected chi connectivity index (χ4v) is 4.21. The number of aromatic amines is 1. The molecule has 8 nitrogen and oxygen atoms in total. The van der Waals surface area contributed by atoms with Gasteiger partial charge in [0.15, 0.2) is 5.65 Å². The highest BCUT2D eigenvalue weighted by Gasteiger charge is 2.23. The van der Waals surface area contributed by atoms with E-state index >= 15 is 0 Å². The van der Waals surface area contributed by atoms with Gasteiger partial charge in [0, 0.05) is 13.1 Å². The molecule has 0 aromatic carbocycles. The first-order valence-corrected chi connectivity index (χ1v) is 9.37. The van der Waals surface area contributed by atoms with Gasteiger partial charge in [-0.1, -0.05) is 11.6 Å². The van der Waals surface area contributed by atoms with Crippen LogP contribution in [-0.2, 0) is 0 Å². The third-order valence-corrected chi connectivity index (χ3v) is 5.80. The standard InChI is InChI=1S/C16H16ClN7OS/c1-4-23(5-2)16(25)12-8(3)10-14-20-13(11-9(17)6-19-21-11)22-24(14)7-18-15(10)26-12/h6-7H,4-5H2,1-3H3,(H,19,21). The van der Waals surface area contributed by atoms with Gasteiger partial charge < -0.3 is 4.90 Å². The summed E-state index contributed by atoms with van der Waals surface area (Å²) in [5.74, 6) is 0.453. The monoisotopic (exact) mass is 389 g/mol. The highest BCUT2D eigenvalue weighted by Crippen LogP contribution is 2.33. The average molecular weight is 390 g/mol. The quantitative estimate of drug-likeness (QED) is 0.578. The van der Waals surface area contributed by atoms with Crippen molar-refractivity contribution < 1.29 is 4.79 Å². The van der Waals surface area contributed by atoms with Gasteiger partial charge in [-0.2, -0.15) is 5.10 Å². The smallest absolute Gasteiger partial charge is 0.264 e. The molecule has 0 aliphatic carbocycles. The van der Waals surface area contributed by atoms with Crippen molar-refractivity contribution in [2.24, 2.45) is 0 Å². The Morgan fingerprint density at radius 1 is 1.38 bits per heavy atom. The van der Waals surface area contributed by atoms with Crippen LogP contribution in [0.15, 0.2) is 12.5 Å². The molecule has 1 amide bonds. The van der Waals surface area contributed by atoms with Crippen molar-refractivity contribution in [2.45, 2.75) is 20.8 Å². The van der Waals surface area contributed by atoms with Gasteiger partial charge in [0.05, 0.1) is 21.5 Å². The molecule has 134 valence electrons. The van der Waals surface area contributed by atoms with Gasteiger partial charge in [-0.15, -0.1) is 16.4 Å². The van der Waals surface area contributed by atoms with Crippen LogP contribution in [0.2, 0.25) is 5.02 Å². The summed E-state index contributed by atoms with van der Waals surface area (Å²) in [5.41, 5.74) is 2.06. The number of carbonyl (C=O) groups is 1. The molecule has 0 saturated heterocycles. The van der Waals surface area contributed by atoms with Crippen molar-refractivity contribution in [3.63, 3.8) is 0 Å². The minimum Gasteiger partial charge on any atom is -0.338 e. The molecule has 0 spiro atoms. The molecule has 4 aromatic rings. The number of aromatic nitrogens is 6. The Balaban J connectivity index is 1.91. The van der Waals surface area contributed by atoms with Crippen LogP contribution < -0.4 is 0 Å². The fraction of sp³-hybridized carbons (Fsp3) is 0.312. The number of rotatable bonds is 4. The number of halogens is 1. The van der Waals surface area contributed by atoms with Gasteiger partial charge in [-0.05, 0) is 26.3 Å². The summed E-state index contributed by atoms with van der Waals surface area (Å²) in [6.07, 6.45) is 3.10. The van der Waals surface area contributed by atoms with Crippen LogP contribution in [0.1, 0.15) is 29.1 Å². The molecular formula is C16H16ClN7OS. The molecule has 0 aliphatic heterocycles. The molecule has 0 atom stereocenters. The largest absolute Gasteiger partial charge is 0.338 e. The fourth-order valence-electron chi connectivity index (χ4n) is 2.93. The molecule has 0 aliphatic rings. The maximum atomic E-state index is 12.8. The number of H-pyrrole nitrogens is 1. The average Bonchev–Trinajstić information content (AvgIpc) is 3.32. The molecule has 4 heterocycles. The van der Waals surface area contributed by atoms with Gasteiger partial charge in [-0.3, -0.25) is 9.89 Å². The molecule has 0 radical (unpaired) electrons. The Morgan fingerprint density at radius 2 is 2.15 bits per heavy atom. The van der Waals surface area contributed by atoms with Crippen LogP contribution in [0.5, 0.6) is 0 Å². The summed E-state index contributed by atoms with van der Waals surface area (Å²) >= 11 is 7.50. The van der Waals surface area contributed by atoms with E-state index in [1.54, 1.807) is 15.7 Å². The van der Waals surface area contributed by atoms with Crippen LogP contribution in [0.4, 0.5) is 0 Å². The van der Waals surface area contributed by atoms with Crippen LogP contribution in [0.3, 0.4) is 0 Å². The van der Waals surface area contributed by atoms with E-state index in [0.717, 1.165) is 15.8 Å². The topological polar surface area (TPSA) is 92.1 Å². The first-order valence-electron chi connectivity index (χ1n) is 8.18. The maximum Gasteiger partial charge on any atom is 0.264 e. The maximum absolute atomic E-state index is 12.8. The zero-order valence-corrected chi connectivity index (χ0v) is 16.0. The van der Waals surface area contributed by atoms with Crippen molar-refractivity contribution in [2.75, 3.05) is 13.1 Å². The van der Waals surface area contributed by atoms with Crippen LogP contribution in [0.25, 0.3) is 27.4 Å². The van der Waals surface area contributed by atoms with E-state index in [2.05, 4.69) is 25.3 Å². The van der Waals surface area contributed by atoms with E-state index < -0.39 is 0 Å². The highest BCUT2D eigenvalue weighted by atomic mass is 35.5. The number of nitrogens with zero attached hydrogens (tertiary/aromatic N) is 6. The Bertz CT molecular complexity index is 1120. The van der Waals surface area contributed by atoms with Crippen molar-refractivity contribution >= 4 is 44.7 Å². The molecule has 0 saturated carbocycles. The highest BCUT2D eigenvalue weighted by molar-refractivity contribution is 7.20. The molecule has 4 rings (SSSR count). The lowest BCUT2D eigenvalue weighted by Crippen LogP contribution is -2.30. The summed E-state index contributed by atoms with van der Waals surface area (Å²) in [4.78, 5) is 25.1. The zero-order chi connectivity index (χ0) is 18.4. The van der Waals surface area contributed by atoms with Gasteiger partial charge in [0.25, 0.3) is 5.91 Å². The predicted molar refractivity (Wildman–Crippen MR) is 101 cm³/mol. The first-order chi connectivity index (χ1) is 12.5. The third-order valence-electron chi connectivity index (χ3n) is 4.33. The SMILES string of the molecule is CCN(CC)C(=O)c1sc2ncn3nc(-c4[nH]ncc4Cl)nc3c2c1C. The molecule has 4 aromatic heterocycles. The normalized spacial score (nSPS) is 11.5. The molecule has 0 bridgehead atoms. The number of thiophene rings is 1. The number of nitrogens with one attached hydrogen (secondary N) is 1. The minimum absolute atomic E-state index is 0.0185. The van der Waals surface area contributed by atoms with E-state index in [0.29, 0.717) is 40.2 Å². The second-order valence-electron chi connectivity index (χ2n) is 5.75. The van der Waals surface area contributed by atoms with Crippen LogP contribution in [-0.4, -0.2) is 53.7 Å². The number of aryl methyl sites for hydroxylation is 1. The Labute approximate surface area is 157 Å². The second-order valence-corrected chi connectivity index (χ2v) is 7.16. The van der Waals surface area contributed by atoms with E-state index in [-0.39, 0.29) is 5.91 Å². The number of fused-ring (bicyclic) bond motifs is 3. The summed E-state index contributed by atoms with van der Waals surface area (Å²) in [5, 5.41) is 12.4. The van der Waals surface area contributed by atoms with Gasteiger partial charge in [-0.25, -0.2) is 14.5 Å². The number of carbonyl (C=O) groups excluding carboxylic acids is 1. The van der Waals surface area contributed by atoms with Gasteiger partial charge >= 0.3 is 0 Å². The van der Waals surface area contributed by atoms with E-state index in [4.69, 9.17) is 11.6 Å².